The van der Waals surface area contributed by atoms with Crippen LogP contribution in [0.2, 0.25) is 0 Å². The topological polar surface area (TPSA) is 52.1 Å². The van der Waals surface area contributed by atoms with E-state index in [1.54, 1.807) is 0 Å². The number of rotatable bonds is 5. The molecule has 0 aliphatic carbocycles. The summed E-state index contributed by atoms with van der Waals surface area (Å²) in [5.41, 5.74) is 4.82. The molecule has 1 saturated heterocycles. The number of hydrogen-bond acceptors (Lipinski definition) is 3. The van der Waals surface area contributed by atoms with Gasteiger partial charge in [0.25, 0.3) is 0 Å². The minimum Gasteiger partial charge on any atom is -0.391 e. The van der Waals surface area contributed by atoms with E-state index in [1.165, 1.54) is 11.1 Å². The van der Waals surface area contributed by atoms with Crippen molar-refractivity contribution in [3.8, 4) is 0 Å². The number of hydrogen-bond donors (Lipinski definition) is 2. The molecule has 0 saturated carbocycles. The second-order valence-corrected chi connectivity index (χ2v) is 7.16. The molecule has 0 amide bonds. The minimum absolute atomic E-state index is 0.262. The summed E-state index contributed by atoms with van der Waals surface area (Å²) >= 11 is 0. The number of likely N-dealkylation sites (tertiary alicyclic amines) is 1. The zero-order chi connectivity index (χ0) is 16.4. The van der Waals surface area contributed by atoms with Crippen LogP contribution >= 0.6 is 0 Å². The Labute approximate surface area is 138 Å². The van der Waals surface area contributed by atoms with Gasteiger partial charge in [-0.05, 0) is 36.5 Å². The van der Waals surface area contributed by atoms with E-state index in [-0.39, 0.29) is 12.0 Å². The Morgan fingerprint density at radius 1 is 1.26 bits per heavy atom. The average molecular weight is 313 g/mol. The number of aryl methyl sites for hydroxylation is 1. The number of nitrogens with zero attached hydrogens (tertiary/aromatic N) is 2. The molecule has 2 N–H and O–H groups in total. The molecule has 4 heteroatoms. The molecular weight excluding hydrogens is 286 g/mol. The van der Waals surface area contributed by atoms with Gasteiger partial charge in [0.15, 0.2) is 0 Å². The monoisotopic (exact) mass is 313 g/mol. The van der Waals surface area contributed by atoms with E-state index in [4.69, 9.17) is 0 Å². The number of nitrogens with one attached hydrogen (secondary N) is 1. The van der Waals surface area contributed by atoms with Gasteiger partial charge < -0.3 is 5.11 Å². The predicted octanol–water partition coefficient (Wildman–Crippen LogP) is 2.88. The number of benzene rings is 1. The molecule has 23 heavy (non-hydrogen) atoms. The third-order valence-electron chi connectivity index (χ3n) is 4.76. The summed E-state index contributed by atoms with van der Waals surface area (Å²) < 4.78 is 0. The van der Waals surface area contributed by atoms with Crippen LogP contribution in [0.3, 0.4) is 0 Å². The number of aromatic nitrogens is 2. The lowest BCUT2D eigenvalue weighted by molar-refractivity contribution is 0.140. The maximum atomic E-state index is 10.3. The molecule has 0 spiro atoms. The van der Waals surface area contributed by atoms with Crippen LogP contribution in [0, 0.1) is 12.8 Å². The van der Waals surface area contributed by atoms with Crippen molar-refractivity contribution in [1.29, 1.82) is 0 Å². The first-order chi connectivity index (χ1) is 11.0. The summed E-state index contributed by atoms with van der Waals surface area (Å²) in [7, 11) is 0. The summed E-state index contributed by atoms with van der Waals surface area (Å²) in [5, 5.41) is 17.6. The quantitative estimate of drug-likeness (QED) is 0.892. The Kier molecular flexibility index (Phi) is 4.83. The van der Waals surface area contributed by atoms with Crippen LogP contribution in [0.25, 0.3) is 0 Å². The highest BCUT2D eigenvalue weighted by molar-refractivity contribution is 5.24. The van der Waals surface area contributed by atoms with Gasteiger partial charge in [-0.2, -0.15) is 5.10 Å². The number of H-pyrrole nitrogens is 1. The van der Waals surface area contributed by atoms with Gasteiger partial charge in [0.05, 0.1) is 11.8 Å². The Hall–Kier alpha value is -1.65. The molecule has 124 valence electrons. The average Bonchev–Trinajstić information content (AvgIpc) is 3.06. The van der Waals surface area contributed by atoms with Gasteiger partial charge >= 0.3 is 0 Å². The van der Waals surface area contributed by atoms with Crippen molar-refractivity contribution in [2.24, 2.45) is 5.92 Å². The highest BCUT2D eigenvalue weighted by Crippen LogP contribution is 2.23. The van der Waals surface area contributed by atoms with E-state index in [1.807, 2.05) is 6.92 Å². The SMILES string of the molecule is Cc1cc(CC2CN(Cc3ccc(C(C)C)cc3)CC2O)n[nH]1. The Bertz CT molecular complexity index is 632. The van der Waals surface area contributed by atoms with Gasteiger partial charge in [0, 0.05) is 31.2 Å². The predicted molar refractivity (Wildman–Crippen MR) is 92.3 cm³/mol. The van der Waals surface area contributed by atoms with Crippen LogP contribution in [-0.2, 0) is 13.0 Å². The molecule has 0 bridgehead atoms. The molecule has 1 aromatic heterocycles. The Morgan fingerprint density at radius 3 is 2.61 bits per heavy atom. The van der Waals surface area contributed by atoms with Crippen molar-refractivity contribution in [3.05, 3.63) is 52.8 Å². The van der Waals surface area contributed by atoms with E-state index in [0.29, 0.717) is 5.92 Å². The Balaban J connectivity index is 1.57. The Morgan fingerprint density at radius 2 is 2.00 bits per heavy atom. The van der Waals surface area contributed by atoms with Gasteiger partial charge in [0.1, 0.15) is 0 Å². The van der Waals surface area contributed by atoms with E-state index >= 15 is 0 Å². The molecule has 1 fully saturated rings. The van der Waals surface area contributed by atoms with E-state index in [0.717, 1.165) is 37.4 Å². The second-order valence-electron chi connectivity index (χ2n) is 7.16. The lowest BCUT2D eigenvalue weighted by Crippen LogP contribution is -2.21. The largest absolute Gasteiger partial charge is 0.391 e. The first-order valence-electron chi connectivity index (χ1n) is 8.51. The summed E-state index contributed by atoms with van der Waals surface area (Å²) in [5.74, 6) is 0.840. The zero-order valence-corrected chi connectivity index (χ0v) is 14.3. The molecule has 2 unspecified atom stereocenters. The van der Waals surface area contributed by atoms with Gasteiger partial charge in [-0.3, -0.25) is 10.00 Å². The van der Waals surface area contributed by atoms with E-state index in [9.17, 15) is 5.11 Å². The van der Waals surface area contributed by atoms with Crippen molar-refractivity contribution >= 4 is 0 Å². The highest BCUT2D eigenvalue weighted by atomic mass is 16.3. The number of aromatic amines is 1. The van der Waals surface area contributed by atoms with Crippen molar-refractivity contribution in [2.75, 3.05) is 13.1 Å². The van der Waals surface area contributed by atoms with Crippen LogP contribution in [0.4, 0.5) is 0 Å². The zero-order valence-electron chi connectivity index (χ0n) is 14.3. The second kappa shape index (κ2) is 6.85. The fourth-order valence-corrected chi connectivity index (χ4v) is 3.38. The molecule has 0 radical (unpaired) electrons. The molecule has 1 aliphatic rings. The fraction of sp³-hybridized carbons (Fsp3) is 0.526. The smallest absolute Gasteiger partial charge is 0.0711 e. The summed E-state index contributed by atoms with van der Waals surface area (Å²) in [6.07, 6.45) is 0.579. The summed E-state index contributed by atoms with van der Waals surface area (Å²) in [6.45, 7) is 9.03. The van der Waals surface area contributed by atoms with Gasteiger partial charge in [-0.25, -0.2) is 0 Å². The highest BCUT2D eigenvalue weighted by Gasteiger charge is 2.31. The maximum absolute atomic E-state index is 10.3. The number of β-amino-alcohol motifs (C(OH)–C–C–N with tert-alkyl or cyclic N) is 1. The van der Waals surface area contributed by atoms with Crippen LogP contribution in [0.5, 0.6) is 0 Å². The molecular formula is C19H27N3O. The molecule has 2 atom stereocenters. The van der Waals surface area contributed by atoms with Crippen LogP contribution < -0.4 is 0 Å². The van der Waals surface area contributed by atoms with Crippen LogP contribution in [0.15, 0.2) is 30.3 Å². The molecule has 4 nitrogen and oxygen atoms in total. The van der Waals surface area contributed by atoms with Crippen LogP contribution in [0.1, 0.15) is 42.3 Å². The van der Waals surface area contributed by atoms with E-state index < -0.39 is 0 Å². The number of aliphatic hydroxyl groups is 1. The minimum atomic E-state index is -0.262. The normalized spacial score (nSPS) is 22.1. The summed E-state index contributed by atoms with van der Waals surface area (Å²) in [4.78, 5) is 2.35. The van der Waals surface area contributed by atoms with Crippen molar-refractivity contribution in [2.45, 2.75) is 45.8 Å². The van der Waals surface area contributed by atoms with Gasteiger partial charge in [-0.1, -0.05) is 38.1 Å². The third-order valence-corrected chi connectivity index (χ3v) is 4.76. The number of aliphatic hydroxyl groups excluding tert-OH is 1. The van der Waals surface area contributed by atoms with Crippen molar-refractivity contribution in [3.63, 3.8) is 0 Å². The van der Waals surface area contributed by atoms with Crippen molar-refractivity contribution in [1.82, 2.24) is 15.1 Å². The standard InChI is InChI=1S/C19H27N3O/c1-13(2)16-6-4-15(5-7-16)10-22-11-17(19(23)12-22)9-18-8-14(3)20-21-18/h4-8,13,17,19,23H,9-12H2,1-3H3,(H,20,21). The molecule has 3 rings (SSSR count). The molecule has 1 aromatic carbocycles. The van der Waals surface area contributed by atoms with Gasteiger partial charge in [0.2, 0.25) is 0 Å². The maximum Gasteiger partial charge on any atom is 0.0711 e. The molecule has 2 aromatic rings. The third kappa shape index (κ3) is 4.01. The summed E-state index contributed by atoms with van der Waals surface area (Å²) in [6, 6.07) is 10.9. The molecule has 1 aliphatic heterocycles. The van der Waals surface area contributed by atoms with Crippen LogP contribution in [-0.4, -0.2) is 39.4 Å². The lowest BCUT2D eigenvalue weighted by atomic mass is 10.00. The van der Waals surface area contributed by atoms with Gasteiger partial charge in [-0.15, -0.1) is 0 Å². The fourth-order valence-electron chi connectivity index (χ4n) is 3.38. The van der Waals surface area contributed by atoms with Crippen molar-refractivity contribution < 1.29 is 5.11 Å². The first kappa shape index (κ1) is 16.2. The lowest BCUT2D eigenvalue weighted by Gasteiger charge is -2.16. The van der Waals surface area contributed by atoms with E-state index in [2.05, 4.69) is 59.3 Å². The molecule has 2 heterocycles. The first-order valence-corrected chi connectivity index (χ1v) is 8.51.